The van der Waals surface area contributed by atoms with Gasteiger partial charge >= 0.3 is 5.97 Å². The molecule has 7 heteroatoms. The zero-order valence-corrected chi connectivity index (χ0v) is 15.5. The highest BCUT2D eigenvalue weighted by atomic mass is 35.5. The lowest BCUT2D eigenvalue weighted by atomic mass is 10.2. The van der Waals surface area contributed by atoms with Gasteiger partial charge in [0.25, 0.3) is 5.91 Å². The van der Waals surface area contributed by atoms with E-state index in [9.17, 15) is 9.59 Å². The van der Waals surface area contributed by atoms with Crippen LogP contribution in [0.4, 0.5) is 5.69 Å². The van der Waals surface area contributed by atoms with Crippen molar-refractivity contribution < 1.29 is 19.1 Å². The van der Waals surface area contributed by atoms with Gasteiger partial charge in [0.1, 0.15) is 5.75 Å². The molecule has 0 heterocycles. The van der Waals surface area contributed by atoms with E-state index in [4.69, 9.17) is 21.1 Å². The second-order valence-electron chi connectivity index (χ2n) is 5.74. The van der Waals surface area contributed by atoms with Crippen LogP contribution < -0.4 is 15.0 Å². The molecule has 0 atom stereocenters. The Hall–Kier alpha value is -2.73. The van der Waals surface area contributed by atoms with Gasteiger partial charge in [0.05, 0.1) is 0 Å². The molecule has 0 radical (unpaired) electrons. The van der Waals surface area contributed by atoms with Crippen molar-refractivity contribution in [2.24, 2.45) is 0 Å². The first-order valence-electron chi connectivity index (χ1n) is 8.01. The highest BCUT2D eigenvalue weighted by Gasteiger charge is 2.08. The first-order valence-corrected chi connectivity index (χ1v) is 8.39. The first kappa shape index (κ1) is 19.6. The predicted octanol–water partition coefficient (Wildman–Crippen LogP) is 2.64. The molecule has 26 heavy (non-hydrogen) atoms. The smallest absolute Gasteiger partial charge is 0.344 e. The van der Waals surface area contributed by atoms with Crippen LogP contribution in [0.15, 0.2) is 48.5 Å². The highest BCUT2D eigenvalue weighted by molar-refractivity contribution is 6.30. The molecule has 1 N–H and O–H groups in total. The van der Waals surface area contributed by atoms with E-state index in [0.717, 1.165) is 11.3 Å². The summed E-state index contributed by atoms with van der Waals surface area (Å²) in [5, 5.41) is 3.27. The van der Waals surface area contributed by atoms with Crippen molar-refractivity contribution in [2.45, 2.75) is 6.54 Å². The minimum atomic E-state index is -0.620. The Balaban J connectivity index is 1.66. The summed E-state index contributed by atoms with van der Waals surface area (Å²) >= 11 is 5.76. The van der Waals surface area contributed by atoms with Crippen molar-refractivity contribution >= 4 is 29.2 Å². The average molecular weight is 377 g/mol. The molecule has 2 aromatic rings. The lowest BCUT2D eigenvalue weighted by molar-refractivity contribution is -0.150. The SMILES string of the molecule is CN(C)c1ccc(CNC(=O)COC(=O)COc2ccc(Cl)cc2)cc1. The topological polar surface area (TPSA) is 67.9 Å². The van der Waals surface area contributed by atoms with Gasteiger partial charge in [-0.3, -0.25) is 4.79 Å². The summed E-state index contributed by atoms with van der Waals surface area (Å²) in [6.45, 7) is -0.259. The molecule has 6 nitrogen and oxygen atoms in total. The monoisotopic (exact) mass is 376 g/mol. The third-order valence-electron chi connectivity index (χ3n) is 3.48. The molecule has 2 rings (SSSR count). The standard InChI is InChI=1S/C19H21ClN2O4/c1-22(2)16-7-3-14(4-8-16)11-21-18(23)12-26-19(24)13-25-17-9-5-15(20)6-10-17/h3-10H,11-13H2,1-2H3,(H,21,23). The van der Waals surface area contributed by atoms with Crippen LogP contribution in [0.25, 0.3) is 0 Å². The molecule has 0 aliphatic carbocycles. The second kappa shape index (κ2) is 9.68. The summed E-state index contributed by atoms with van der Waals surface area (Å²) in [5.74, 6) is -0.496. The van der Waals surface area contributed by atoms with Crippen molar-refractivity contribution in [3.8, 4) is 5.75 Å². The molecule has 0 unspecified atom stereocenters. The van der Waals surface area contributed by atoms with Crippen molar-refractivity contribution in [3.63, 3.8) is 0 Å². The van der Waals surface area contributed by atoms with Gasteiger partial charge in [0.2, 0.25) is 0 Å². The number of carbonyl (C=O) groups excluding carboxylic acids is 2. The molecule has 0 spiro atoms. The van der Waals surface area contributed by atoms with Crippen LogP contribution in [-0.2, 0) is 20.9 Å². The molecule has 0 bridgehead atoms. The summed E-state index contributed by atoms with van der Waals surface area (Å²) in [5.41, 5.74) is 2.04. The van der Waals surface area contributed by atoms with Crippen LogP contribution >= 0.6 is 11.6 Å². The Morgan fingerprint density at radius 1 is 1.00 bits per heavy atom. The average Bonchev–Trinajstić information content (AvgIpc) is 2.64. The third kappa shape index (κ3) is 6.64. The molecule has 0 saturated carbocycles. The Morgan fingerprint density at radius 3 is 2.27 bits per heavy atom. The first-order chi connectivity index (χ1) is 12.4. The normalized spacial score (nSPS) is 10.1. The predicted molar refractivity (Wildman–Crippen MR) is 101 cm³/mol. The Kier molecular flexibility index (Phi) is 7.29. The maximum absolute atomic E-state index is 11.8. The van der Waals surface area contributed by atoms with Crippen molar-refractivity contribution in [1.29, 1.82) is 0 Å². The van der Waals surface area contributed by atoms with Crippen LogP contribution in [0.2, 0.25) is 5.02 Å². The van der Waals surface area contributed by atoms with Gasteiger partial charge in [-0.05, 0) is 42.0 Å². The molecule has 1 amide bonds. The lowest BCUT2D eigenvalue weighted by Crippen LogP contribution is -2.29. The molecule has 138 valence electrons. The number of benzene rings is 2. The van der Waals surface area contributed by atoms with Gasteiger partial charge in [-0.2, -0.15) is 0 Å². The molecule has 0 aromatic heterocycles. The molecular weight excluding hydrogens is 356 g/mol. The fourth-order valence-corrected chi connectivity index (χ4v) is 2.15. The highest BCUT2D eigenvalue weighted by Crippen LogP contribution is 2.15. The Labute approximate surface area is 157 Å². The fourth-order valence-electron chi connectivity index (χ4n) is 2.02. The number of ether oxygens (including phenoxy) is 2. The quantitative estimate of drug-likeness (QED) is 0.717. The molecular formula is C19H21ClN2O4. The number of anilines is 1. The summed E-state index contributed by atoms with van der Waals surface area (Å²) in [7, 11) is 3.92. The van der Waals surface area contributed by atoms with Gasteiger partial charge in [-0.25, -0.2) is 4.79 Å². The van der Waals surface area contributed by atoms with Gasteiger partial charge < -0.3 is 19.7 Å². The molecule has 0 aliphatic heterocycles. The second-order valence-corrected chi connectivity index (χ2v) is 6.18. The molecule has 0 saturated heterocycles. The summed E-state index contributed by atoms with van der Waals surface area (Å²) in [4.78, 5) is 25.4. The van der Waals surface area contributed by atoms with Gasteiger partial charge in [-0.1, -0.05) is 23.7 Å². The maximum Gasteiger partial charge on any atom is 0.344 e. The summed E-state index contributed by atoms with van der Waals surface area (Å²) in [6, 6.07) is 14.4. The van der Waals surface area contributed by atoms with Crippen LogP contribution in [0.3, 0.4) is 0 Å². The number of hydrogen-bond donors (Lipinski definition) is 1. The van der Waals surface area contributed by atoms with E-state index < -0.39 is 5.97 Å². The number of halogens is 1. The molecule has 2 aromatic carbocycles. The van der Waals surface area contributed by atoms with E-state index in [0.29, 0.717) is 17.3 Å². The van der Waals surface area contributed by atoms with E-state index in [1.807, 2.05) is 43.3 Å². The van der Waals surface area contributed by atoms with Crippen LogP contribution in [0.1, 0.15) is 5.56 Å². The van der Waals surface area contributed by atoms with Gasteiger partial charge in [0.15, 0.2) is 13.2 Å². The number of rotatable bonds is 8. The Bertz CT molecular complexity index is 730. The number of hydrogen-bond acceptors (Lipinski definition) is 5. The van der Waals surface area contributed by atoms with Crippen LogP contribution in [-0.4, -0.2) is 39.2 Å². The zero-order valence-electron chi connectivity index (χ0n) is 14.7. The van der Waals surface area contributed by atoms with Gasteiger partial charge in [0, 0.05) is 31.4 Å². The number of esters is 1. The van der Waals surface area contributed by atoms with E-state index in [1.54, 1.807) is 24.3 Å². The van der Waals surface area contributed by atoms with E-state index in [1.165, 1.54) is 0 Å². The lowest BCUT2D eigenvalue weighted by Gasteiger charge is -2.13. The van der Waals surface area contributed by atoms with Gasteiger partial charge in [-0.15, -0.1) is 0 Å². The number of nitrogens with one attached hydrogen (secondary N) is 1. The van der Waals surface area contributed by atoms with Crippen molar-refractivity contribution in [3.05, 3.63) is 59.1 Å². The largest absolute Gasteiger partial charge is 0.482 e. The van der Waals surface area contributed by atoms with E-state index >= 15 is 0 Å². The van der Waals surface area contributed by atoms with E-state index in [-0.39, 0.29) is 19.1 Å². The number of nitrogens with zero attached hydrogens (tertiary/aromatic N) is 1. The minimum Gasteiger partial charge on any atom is -0.482 e. The van der Waals surface area contributed by atoms with Crippen LogP contribution in [0, 0.1) is 0 Å². The van der Waals surface area contributed by atoms with Crippen molar-refractivity contribution in [2.75, 3.05) is 32.2 Å². The number of amides is 1. The Morgan fingerprint density at radius 2 is 1.65 bits per heavy atom. The summed E-state index contributed by atoms with van der Waals surface area (Å²) in [6.07, 6.45) is 0. The van der Waals surface area contributed by atoms with Crippen LogP contribution in [0.5, 0.6) is 5.75 Å². The fraction of sp³-hybridized carbons (Fsp3) is 0.263. The summed E-state index contributed by atoms with van der Waals surface area (Å²) < 4.78 is 10.1. The minimum absolute atomic E-state index is 0.277. The maximum atomic E-state index is 11.8. The number of carbonyl (C=O) groups is 2. The third-order valence-corrected chi connectivity index (χ3v) is 3.73. The molecule has 0 aliphatic rings. The van der Waals surface area contributed by atoms with E-state index in [2.05, 4.69) is 5.32 Å². The zero-order chi connectivity index (χ0) is 18.9. The van der Waals surface area contributed by atoms with Crippen molar-refractivity contribution in [1.82, 2.24) is 5.32 Å². The molecule has 0 fully saturated rings.